The number of carbonyl (C=O) groups excluding carboxylic acids is 1. The molecule has 0 saturated heterocycles. The molecule has 35 heavy (non-hydrogen) atoms. The second-order valence-electron chi connectivity index (χ2n) is 8.38. The van der Waals surface area contributed by atoms with Crippen LogP contribution in [0.25, 0.3) is 0 Å². The van der Waals surface area contributed by atoms with Gasteiger partial charge in [-0.05, 0) is 78.4 Å². The summed E-state index contributed by atoms with van der Waals surface area (Å²) in [5.74, 6) is 0.655. The number of amides is 1. The second-order valence-corrected chi connectivity index (χ2v) is 8.79. The standard InChI is InChI=1S/C27H24ClN5O2/c28-24-16-29-27-32-22-3-1-2-18(13-22)4-5-19-12-20(15-23(14-19)30-25(24)33-27)26(35)31-21-8-6-17(7-9-21)10-11-34/h1-3,6-9,12-16,34H,4-5,10-11H2,(H,31,35)(H2,29,30,32,33). The van der Waals surface area contributed by atoms with Crippen LogP contribution in [0.1, 0.15) is 27.0 Å². The van der Waals surface area contributed by atoms with Crippen molar-refractivity contribution in [3.63, 3.8) is 0 Å². The van der Waals surface area contributed by atoms with Gasteiger partial charge in [0, 0.05) is 29.2 Å². The zero-order chi connectivity index (χ0) is 24.2. The lowest BCUT2D eigenvalue weighted by Gasteiger charge is -2.13. The predicted octanol–water partition coefficient (Wildman–Crippen LogP) is 5.50. The van der Waals surface area contributed by atoms with E-state index in [1.54, 1.807) is 12.3 Å². The average molecular weight is 486 g/mol. The summed E-state index contributed by atoms with van der Waals surface area (Å²) in [6.07, 6.45) is 3.69. The molecule has 4 N–H and O–H groups in total. The molecule has 5 rings (SSSR count). The van der Waals surface area contributed by atoms with Gasteiger partial charge in [-0.3, -0.25) is 4.79 Å². The van der Waals surface area contributed by atoms with Crippen LogP contribution in [0.3, 0.4) is 0 Å². The minimum atomic E-state index is -0.215. The Morgan fingerprint density at radius 1 is 0.971 bits per heavy atom. The summed E-state index contributed by atoms with van der Waals surface area (Å²) in [5.41, 5.74) is 6.01. The van der Waals surface area contributed by atoms with E-state index in [9.17, 15) is 4.79 Å². The van der Waals surface area contributed by atoms with E-state index in [1.165, 1.54) is 0 Å². The molecule has 0 atom stereocenters. The molecular weight excluding hydrogens is 462 g/mol. The molecule has 4 aromatic rings. The highest BCUT2D eigenvalue weighted by molar-refractivity contribution is 6.32. The van der Waals surface area contributed by atoms with Crippen molar-refractivity contribution in [2.75, 3.05) is 22.6 Å². The van der Waals surface area contributed by atoms with Crippen molar-refractivity contribution in [3.05, 3.63) is 100 Å². The molecule has 6 bridgehead atoms. The van der Waals surface area contributed by atoms with E-state index in [4.69, 9.17) is 16.7 Å². The smallest absolute Gasteiger partial charge is 0.255 e. The number of anilines is 5. The van der Waals surface area contributed by atoms with Crippen molar-refractivity contribution in [2.45, 2.75) is 19.3 Å². The number of aliphatic hydroxyl groups excluding tert-OH is 1. The quantitative estimate of drug-likeness (QED) is 0.304. The number of rotatable bonds is 4. The van der Waals surface area contributed by atoms with E-state index in [2.05, 4.69) is 38.1 Å². The monoisotopic (exact) mass is 485 g/mol. The SMILES string of the molecule is O=C(Nc1ccc(CCO)cc1)c1cc2cc(c1)Nc1nc(ncc1Cl)Nc1cccc(c1)CC2. The van der Waals surface area contributed by atoms with Crippen molar-refractivity contribution in [1.29, 1.82) is 0 Å². The van der Waals surface area contributed by atoms with Crippen LogP contribution >= 0.6 is 11.6 Å². The molecule has 0 radical (unpaired) electrons. The van der Waals surface area contributed by atoms with Gasteiger partial charge in [0.2, 0.25) is 5.95 Å². The van der Waals surface area contributed by atoms with Gasteiger partial charge in [-0.25, -0.2) is 4.98 Å². The number of benzene rings is 3. The lowest BCUT2D eigenvalue weighted by Crippen LogP contribution is -2.13. The number of aryl methyl sites for hydroxylation is 2. The number of halogens is 1. The number of aliphatic hydroxyl groups is 1. The van der Waals surface area contributed by atoms with Gasteiger partial charge in [-0.2, -0.15) is 4.98 Å². The van der Waals surface area contributed by atoms with Gasteiger partial charge >= 0.3 is 0 Å². The zero-order valence-electron chi connectivity index (χ0n) is 18.9. The predicted molar refractivity (Wildman–Crippen MR) is 139 cm³/mol. The lowest BCUT2D eigenvalue weighted by atomic mass is 10.0. The minimum absolute atomic E-state index is 0.0898. The molecule has 1 aliphatic rings. The van der Waals surface area contributed by atoms with Gasteiger partial charge in [0.15, 0.2) is 5.82 Å². The van der Waals surface area contributed by atoms with E-state index in [-0.39, 0.29) is 12.5 Å². The highest BCUT2D eigenvalue weighted by Gasteiger charge is 2.13. The lowest BCUT2D eigenvalue weighted by molar-refractivity contribution is 0.102. The minimum Gasteiger partial charge on any atom is -0.396 e. The van der Waals surface area contributed by atoms with Crippen molar-refractivity contribution in [1.82, 2.24) is 9.97 Å². The number of hydrogen-bond acceptors (Lipinski definition) is 6. The Hall–Kier alpha value is -3.94. The largest absolute Gasteiger partial charge is 0.396 e. The van der Waals surface area contributed by atoms with Gasteiger partial charge < -0.3 is 21.1 Å². The second kappa shape index (κ2) is 10.1. The van der Waals surface area contributed by atoms with Gasteiger partial charge in [-0.15, -0.1) is 0 Å². The highest BCUT2D eigenvalue weighted by Crippen LogP contribution is 2.28. The first-order chi connectivity index (χ1) is 17.1. The van der Waals surface area contributed by atoms with E-state index >= 15 is 0 Å². The Balaban J connectivity index is 1.48. The molecule has 3 aromatic carbocycles. The van der Waals surface area contributed by atoms with Crippen LogP contribution < -0.4 is 16.0 Å². The molecular formula is C27H24ClN5O2. The zero-order valence-corrected chi connectivity index (χ0v) is 19.6. The molecule has 0 saturated carbocycles. The molecule has 2 heterocycles. The molecule has 0 unspecified atom stereocenters. The van der Waals surface area contributed by atoms with Crippen LogP contribution in [0.4, 0.5) is 28.8 Å². The Morgan fingerprint density at radius 3 is 2.60 bits per heavy atom. The molecule has 1 aromatic heterocycles. The third-order valence-electron chi connectivity index (χ3n) is 5.76. The van der Waals surface area contributed by atoms with Gasteiger partial charge in [0.05, 0.1) is 6.20 Å². The average Bonchev–Trinajstić information content (AvgIpc) is 2.86. The Morgan fingerprint density at radius 2 is 1.77 bits per heavy atom. The van der Waals surface area contributed by atoms with Crippen molar-refractivity contribution in [3.8, 4) is 0 Å². The van der Waals surface area contributed by atoms with E-state index in [1.807, 2.05) is 48.5 Å². The van der Waals surface area contributed by atoms with Crippen LogP contribution in [-0.4, -0.2) is 27.6 Å². The van der Waals surface area contributed by atoms with Crippen LogP contribution in [0.5, 0.6) is 0 Å². The molecule has 1 aliphatic heterocycles. The van der Waals surface area contributed by atoms with Crippen molar-refractivity contribution < 1.29 is 9.90 Å². The molecule has 7 nitrogen and oxygen atoms in total. The summed E-state index contributed by atoms with van der Waals surface area (Å²) < 4.78 is 0. The summed E-state index contributed by atoms with van der Waals surface area (Å²) >= 11 is 6.37. The van der Waals surface area contributed by atoms with E-state index in [0.717, 1.165) is 35.2 Å². The van der Waals surface area contributed by atoms with E-state index < -0.39 is 0 Å². The number of aromatic nitrogens is 2. The van der Waals surface area contributed by atoms with Crippen molar-refractivity contribution >= 4 is 46.3 Å². The summed E-state index contributed by atoms with van der Waals surface area (Å²) in [5, 5.41) is 18.9. The Kier molecular flexibility index (Phi) is 6.61. The summed E-state index contributed by atoms with van der Waals surface area (Å²) in [6.45, 7) is 0.0898. The number of carbonyl (C=O) groups is 1. The first kappa shape index (κ1) is 22.8. The third kappa shape index (κ3) is 5.59. The highest BCUT2D eigenvalue weighted by atomic mass is 35.5. The van der Waals surface area contributed by atoms with Crippen molar-refractivity contribution in [2.24, 2.45) is 0 Å². The maximum Gasteiger partial charge on any atom is 0.255 e. The van der Waals surface area contributed by atoms with Crippen LogP contribution in [0, 0.1) is 0 Å². The topological polar surface area (TPSA) is 99.2 Å². The maximum absolute atomic E-state index is 13.1. The Bertz CT molecular complexity index is 1370. The van der Waals surface area contributed by atoms with Crippen LogP contribution in [0.2, 0.25) is 5.02 Å². The molecule has 8 heteroatoms. The van der Waals surface area contributed by atoms with Gasteiger partial charge in [0.25, 0.3) is 5.91 Å². The van der Waals surface area contributed by atoms with E-state index in [0.29, 0.717) is 40.1 Å². The number of nitrogens with zero attached hydrogens (tertiary/aromatic N) is 2. The summed E-state index contributed by atoms with van der Waals surface area (Å²) in [4.78, 5) is 22.0. The number of hydrogen-bond donors (Lipinski definition) is 4. The fraction of sp³-hybridized carbons (Fsp3) is 0.148. The van der Waals surface area contributed by atoms with Crippen LogP contribution in [-0.2, 0) is 19.3 Å². The molecule has 176 valence electrons. The first-order valence-corrected chi connectivity index (χ1v) is 11.7. The Labute approximate surface area is 208 Å². The molecule has 0 fully saturated rings. The molecule has 1 amide bonds. The first-order valence-electron chi connectivity index (χ1n) is 11.4. The maximum atomic E-state index is 13.1. The molecule has 0 aliphatic carbocycles. The fourth-order valence-electron chi connectivity index (χ4n) is 4.00. The fourth-order valence-corrected chi connectivity index (χ4v) is 4.14. The third-order valence-corrected chi connectivity index (χ3v) is 6.04. The van der Waals surface area contributed by atoms with Crippen LogP contribution in [0.15, 0.2) is 72.9 Å². The number of nitrogens with one attached hydrogen (secondary N) is 3. The molecule has 0 spiro atoms. The normalized spacial score (nSPS) is 12.3. The van der Waals surface area contributed by atoms with Gasteiger partial charge in [-0.1, -0.05) is 35.9 Å². The van der Waals surface area contributed by atoms with Gasteiger partial charge in [0.1, 0.15) is 5.02 Å². The summed E-state index contributed by atoms with van der Waals surface area (Å²) in [6, 6.07) is 21.3. The number of fused-ring (bicyclic) bond motifs is 6. The summed E-state index contributed by atoms with van der Waals surface area (Å²) in [7, 11) is 0.